The first-order valence-electron chi connectivity index (χ1n) is 7.25. The third-order valence-electron chi connectivity index (χ3n) is 3.27. The van der Waals surface area contributed by atoms with Crippen LogP contribution in [0.5, 0.6) is 0 Å². The highest BCUT2D eigenvalue weighted by Crippen LogP contribution is 2.14. The first kappa shape index (κ1) is 17.8. The molecular formula is C16H25IN4. The number of nitrogens with two attached hydrogens (primary N) is 1. The van der Waals surface area contributed by atoms with Gasteiger partial charge in [0.1, 0.15) is 0 Å². The first-order valence-corrected chi connectivity index (χ1v) is 7.25. The second kappa shape index (κ2) is 8.92. The van der Waals surface area contributed by atoms with E-state index in [1.165, 1.54) is 16.6 Å². The molecule has 0 bridgehead atoms. The molecule has 0 saturated heterocycles. The Balaban J connectivity index is 0.00000220. The van der Waals surface area contributed by atoms with Crippen LogP contribution >= 0.6 is 24.0 Å². The van der Waals surface area contributed by atoms with E-state index in [1.807, 2.05) is 6.07 Å². The smallest absolute Gasteiger partial charge is 0.188 e. The molecule has 2 aromatic rings. The number of fused-ring (bicyclic) bond motifs is 1. The summed E-state index contributed by atoms with van der Waals surface area (Å²) in [4.78, 5) is 7.72. The Bertz CT molecular complexity index is 541. The summed E-state index contributed by atoms with van der Waals surface area (Å²) >= 11 is 0. The summed E-state index contributed by atoms with van der Waals surface area (Å²) in [6.45, 7) is 5.97. The zero-order chi connectivity index (χ0) is 14.4. The standard InChI is InChI=1S/C16H24N4.HI/c1-12(2)7-9-18-16(17)19-10-8-14-11-13-5-3-4-6-15(13)20-14;/h3-6,11-12,20H,7-10H2,1-2H3,(H3,17,18,19);1H. The van der Waals surface area contributed by atoms with Gasteiger partial charge in [0.2, 0.25) is 0 Å². The quantitative estimate of drug-likeness (QED) is 0.396. The van der Waals surface area contributed by atoms with Gasteiger partial charge in [-0.3, -0.25) is 4.99 Å². The monoisotopic (exact) mass is 400 g/mol. The number of nitrogens with zero attached hydrogens (tertiary/aromatic N) is 1. The van der Waals surface area contributed by atoms with Crippen molar-refractivity contribution in [1.29, 1.82) is 0 Å². The van der Waals surface area contributed by atoms with Crippen LogP contribution in [0.15, 0.2) is 35.3 Å². The molecule has 0 radical (unpaired) electrons. The van der Waals surface area contributed by atoms with Gasteiger partial charge in [0.05, 0.1) is 0 Å². The zero-order valence-electron chi connectivity index (χ0n) is 12.7. The second-order valence-corrected chi connectivity index (χ2v) is 5.51. The van der Waals surface area contributed by atoms with Gasteiger partial charge in [0.15, 0.2) is 5.96 Å². The minimum atomic E-state index is 0. The summed E-state index contributed by atoms with van der Waals surface area (Å²) in [5, 5.41) is 4.41. The molecule has 4 nitrogen and oxygen atoms in total. The average molecular weight is 400 g/mol. The Morgan fingerprint density at radius 1 is 1.33 bits per heavy atom. The molecule has 21 heavy (non-hydrogen) atoms. The minimum absolute atomic E-state index is 0. The molecule has 1 heterocycles. The van der Waals surface area contributed by atoms with Crippen LogP contribution in [0, 0.1) is 5.92 Å². The van der Waals surface area contributed by atoms with Crippen LogP contribution in [0.2, 0.25) is 0 Å². The number of para-hydroxylation sites is 1. The van der Waals surface area contributed by atoms with E-state index < -0.39 is 0 Å². The predicted octanol–water partition coefficient (Wildman–Crippen LogP) is 3.28. The van der Waals surface area contributed by atoms with E-state index in [-0.39, 0.29) is 24.0 Å². The molecule has 0 spiro atoms. The van der Waals surface area contributed by atoms with Crippen LogP contribution in [0.4, 0.5) is 0 Å². The lowest BCUT2D eigenvalue weighted by Crippen LogP contribution is -2.33. The molecule has 0 amide bonds. The van der Waals surface area contributed by atoms with Crippen molar-refractivity contribution in [3.05, 3.63) is 36.0 Å². The normalized spacial score (nSPS) is 11.7. The van der Waals surface area contributed by atoms with Gasteiger partial charge < -0.3 is 16.0 Å². The van der Waals surface area contributed by atoms with Crippen molar-refractivity contribution in [3.8, 4) is 0 Å². The molecule has 1 aromatic heterocycles. The Morgan fingerprint density at radius 3 is 2.81 bits per heavy atom. The van der Waals surface area contributed by atoms with Crippen LogP contribution in [0.3, 0.4) is 0 Å². The molecule has 0 unspecified atom stereocenters. The van der Waals surface area contributed by atoms with Crippen molar-refractivity contribution in [2.75, 3.05) is 13.1 Å². The molecule has 0 aliphatic rings. The summed E-state index contributed by atoms with van der Waals surface area (Å²) in [7, 11) is 0. The fourth-order valence-corrected chi connectivity index (χ4v) is 2.09. The fraction of sp³-hybridized carbons (Fsp3) is 0.438. The fourth-order valence-electron chi connectivity index (χ4n) is 2.09. The number of rotatable bonds is 6. The number of halogens is 1. The molecule has 2 rings (SSSR count). The van der Waals surface area contributed by atoms with Crippen LogP contribution in [-0.2, 0) is 6.42 Å². The summed E-state index contributed by atoms with van der Waals surface area (Å²) in [6, 6.07) is 10.5. The lowest BCUT2D eigenvalue weighted by atomic mass is 10.1. The maximum absolute atomic E-state index is 5.83. The lowest BCUT2D eigenvalue weighted by molar-refractivity contribution is 0.595. The van der Waals surface area contributed by atoms with E-state index in [0.29, 0.717) is 11.9 Å². The number of nitrogens with one attached hydrogen (secondary N) is 2. The van der Waals surface area contributed by atoms with Crippen LogP contribution < -0.4 is 11.1 Å². The van der Waals surface area contributed by atoms with Gasteiger partial charge in [-0.25, -0.2) is 0 Å². The van der Waals surface area contributed by atoms with Gasteiger partial charge in [-0.05, 0) is 29.9 Å². The number of aromatic nitrogens is 1. The van der Waals surface area contributed by atoms with Gasteiger partial charge in [-0.2, -0.15) is 0 Å². The number of hydrogen-bond acceptors (Lipinski definition) is 1. The highest BCUT2D eigenvalue weighted by atomic mass is 127. The van der Waals surface area contributed by atoms with E-state index in [9.17, 15) is 0 Å². The third kappa shape index (κ3) is 5.95. The molecule has 0 atom stereocenters. The summed E-state index contributed by atoms with van der Waals surface area (Å²) in [5.41, 5.74) is 8.23. The Morgan fingerprint density at radius 2 is 2.10 bits per heavy atom. The van der Waals surface area contributed by atoms with Gasteiger partial charge in [0.25, 0.3) is 0 Å². The van der Waals surface area contributed by atoms with Gasteiger partial charge in [-0.15, -0.1) is 24.0 Å². The Kier molecular flexibility index (Phi) is 7.56. The number of guanidine groups is 1. The molecule has 1 aromatic carbocycles. The highest BCUT2D eigenvalue weighted by Gasteiger charge is 2.00. The van der Waals surface area contributed by atoms with Crippen molar-refractivity contribution >= 4 is 40.8 Å². The summed E-state index contributed by atoms with van der Waals surface area (Å²) in [6.07, 6.45) is 1.99. The SMILES string of the molecule is CC(C)CCN=C(N)NCCc1cc2ccccc2[nH]1.I. The number of benzene rings is 1. The highest BCUT2D eigenvalue weighted by molar-refractivity contribution is 14.0. The van der Waals surface area contributed by atoms with Gasteiger partial charge >= 0.3 is 0 Å². The summed E-state index contributed by atoms with van der Waals surface area (Å²) < 4.78 is 0. The Hall–Kier alpha value is -1.24. The van der Waals surface area contributed by atoms with Crippen molar-refractivity contribution < 1.29 is 0 Å². The van der Waals surface area contributed by atoms with E-state index in [4.69, 9.17) is 5.73 Å². The molecule has 5 heteroatoms. The molecule has 116 valence electrons. The van der Waals surface area contributed by atoms with Crippen LogP contribution in [0.25, 0.3) is 10.9 Å². The lowest BCUT2D eigenvalue weighted by Gasteiger charge is -2.05. The summed E-state index contributed by atoms with van der Waals surface area (Å²) in [5.74, 6) is 1.21. The van der Waals surface area contributed by atoms with Crippen molar-refractivity contribution in [2.45, 2.75) is 26.7 Å². The number of H-pyrrole nitrogens is 1. The predicted molar refractivity (Wildman–Crippen MR) is 101 cm³/mol. The number of aliphatic imine (C=N–C) groups is 1. The zero-order valence-corrected chi connectivity index (χ0v) is 15.1. The molecule has 0 fully saturated rings. The van der Waals surface area contributed by atoms with Crippen LogP contribution in [0.1, 0.15) is 26.0 Å². The largest absolute Gasteiger partial charge is 0.370 e. The molecule has 0 aliphatic heterocycles. The van der Waals surface area contributed by atoms with Crippen molar-refractivity contribution in [2.24, 2.45) is 16.6 Å². The van der Waals surface area contributed by atoms with E-state index in [1.54, 1.807) is 0 Å². The maximum atomic E-state index is 5.83. The Labute approximate surface area is 143 Å². The van der Waals surface area contributed by atoms with E-state index >= 15 is 0 Å². The van der Waals surface area contributed by atoms with E-state index in [2.05, 4.69) is 53.4 Å². The minimum Gasteiger partial charge on any atom is -0.370 e. The molecule has 0 saturated carbocycles. The van der Waals surface area contributed by atoms with Crippen LogP contribution in [-0.4, -0.2) is 24.0 Å². The topological polar surface area (TPSA) is 66.2 Å². The van der Waals surface area contributed by atoms with E-state index in [0.717, 1.165) is 25.9 Å². The molecule has 4 N–H and O–H groups in total. The average Bonchev–Trinajstić information content (AvgIpc) is 2.80. The molecule has 0 aliphatic carbocycles. The maximum Gasteiger partial charge on any atom is 0.188 e. The molecular weight excluding hydrogens is 375 g/mol. The second-order valence-electron chi connectivity index (χ2n) is 5.51. The van der Waals surface area contributed by atoms with Crippen molar-refractivity contribution in [1.82, 2.24) is 10.3 Å². The van der Waals surface area contributed by atoms with Gasteiger partial charge in [-0.1, -0.05) is 32.0 Å². The first-order chi connectivity index (χ1) is 9.65. The van der Waals surface area contributed by atoms with Crippen molar-refractivity contribution in [3.63, 3.8) is 0 Å². The number of hydrogen-bond donors (Lipinski definition) is 3. The number of aromatic amines is 1. The van der Waals surface area contributed by atoms with Gasteiger partial charge in [0, 0.05) is 30.7 Å². The third-order valence-corrected chi connectivity index (χ3v) is 3.27.